The third-order valence-electron chi connectivity index (χ3n) is 14.0. The maximum absolute atomic E-state index is 7.82. The summed E-state index contributed by atoms with van der Waals surface area (Å²) >= 11 is 0. The number of hydrogen-bond donors (Lipinski definition) is 0. The van der Waals surface area contributed by atoms with E-state index in [2.05, 4.69) is 143 Å². The first-order valence-electron chi connectivity index (χ1n) is 20.1. The Kier molecular flexibility index (Phi) is 7.68. The molecule has 0 radical (unpaired) electrons. The number of benzene rings is 6. The van der Waals surface area contributed by atoms with Crippen LogP contribution in [0.15, 0.2) is 115 Å². The Morgan fingerprint density at radius 3 is 2.09 bits per heavy atom. The van der Waals surface area contributed by atoms with E-state index in [1.165, 1.54) is 44.5 Å². The van der Waals surface area contributed by atoms with E-state index in [4.69, 9.17) is 18.9 Å². The third kappa shape index (κ3) is 4.47. The highest BCUT2D eigenvalue weighted by Crippen LogP contribution is 2.62. The number of ether oxygens (including phenoxy) is 4. The van der Waals surface area contributed by atoms with Gasteiger partial charge in [0.2, 0.25) is 0 Å². The van der Waals surface area contributed by atoms with Gasteiger partial charge < -0.3 is 18.9 Å². The van der Waals surface area contributed by atoms with Crippen LogP contribution >= 0.6 is 0 Å². The predicted molar refractivity (Wildman–Crippen MR) is 228 cm³/mol. The van der Waals surface area contributed by atoms with Gasteiger partial charge >= 0.3 is 0 Å². The van der Waals surface area contributed by atoms with Gasteiger partial charge in [-0.25, -0.2) is 0 Å². The molecule has 3 atom stereocenters. The van der Waals surface area contributed by atoms with Crippen molar-refractivity contribution in [3.8, 4) is 34.1 Å². The fourth-order valence-electron chi connectivity index (χ4n) is 11.1. The molecule has 280 valence electrons. The minimum atomic E-state index is -0.938. The van der Waals surface area contributed by atoms with Crippen LogP contribution in [-0.4, -0.2) is 21.3 Å². The molecule has 3 aliphatic carbocycles. The van der Waals surface area contributed by atoms with Gasteiger partial charge in [0.15, 0.2) is 17.1 Å². The van der Waals surface area contributed by atoms with E-state index < -0.39 is 5.60 Å². The highest BCUT2D eigenvalue weighted by atomic mass is 16.5. The van der Waals surface area contributed by atoms with Gasteiger partial charge in [0.05, 0.1) is 21.3 Å². The Labute approximate surface area is 330 Å². The maximum Gasteiger partial charge on any atom is 0.178 e. The van der Waals surface area contributed by atoms with Crippen LogP contribution in [-0.2, 0) is 16.4 Å². The highest BCUT2D eigenvalue weighted by molar-refractivity contribution is 6.09. The molecule has 0 N–H and O–H groups in total. The standard InChI is InChI=1S/C52H48O4/c1-8-51(9-2)41-17-13-12-16-36(41)47-39-29-44(54-6)45(55-7)30-40(39)49-38(48(47)51)26-27-52(56-49,32-19-22-34(53-5)23-20-32)33-21-24-37-43(28-33)50(3,4)42-25-18-31-14-10-11-15-35(31)46(37)42/h10-30,42,46H,8-9H2,1-7H3. The maximum atomic E-state index is 7.82. The molecule has 10 rings (SSSR count). The number of hydrogen-bond acceptors (Lipinski definition) is 4. The lowest BCUT2D eigenvalue weighted by Crippen LogP contribution is -2.36. The van der Waals surface area contributed by atoms with Crippen molar-refractivity contribution in [2.75, 3.05) is 21.3 Å². The molecule has 6 aromatic rings. The summed E-state index contributed by atoms with van der Waals surface area (Å²) in [4.78, 5) is 0. The topological polar surface area (TPSA) is 36.9 Å². The largest absolute Gasteiger partial charge is 0.497 e. The zero-order valence-electron chi connectivity index (χ0n) is 33.3. The minimum absolute atomic E-state index is 0.0947. The average molecular weight is 737 g/mol. The molecule has 0 fully saturated rings. The first-order valence-corrected chi connectivity index (χ1v) is 20.1. The summed E-state index contributed by atoms with van der Waals surface area (Å²) in [5.74, 6) is 3.71. The molecule has 1 heterocycles. The Morgan fingerprint density at radius 2 is 1.36 bits per heavy atom. The van der Waals surface area contributed by atoms with E-state index >= 15 is 0 Å². The first kappa shape index (κ1) is 34.7. The quantitative estimate of drug-likeness (QED) is 0.164. The molecule has 0 amide bonds. The van der Waals surface area contributed by atoms with E-state index in [1.807, 2.05) is 12.1 Å². The Hall–Kier alpha value is -5.74. The molecule has 4 nitrogen and oxygen atoms in total. The van der Waals surface area contributed by atoms with Gasteiger partial charge in [0, 0.05) is 33.4 Å². The van der Waals surface area contributed by atoms with Crippen LogP contribution in [0, 0.1) is 5.92 Å². The van der Waals surface area contributed by atoms with Crippen LogP contribution in [0.2, 0.25) is 0 Å². The minimum Gasteiger partial charge on any atom is -0.497 e. The molecule has 3 unspecified atom stereocenters. The molecule has 0 saturated heterocycles. The van der Waals surface area contributed by atoms with Gasteiger partial charge in [0.1, 0.15) is 11.5 Å². The van der Waals surface area contributed by atoms with Crippen LogP contribution in [0.4, 0.5) is 0 Å². The number of rotatable bonds is 7. The summed E-state index contributed by atoms with van der Waals surface area (Å²) in [6, 6.07) is 37.7. The van der Waals surface area contributed by atoms with Crippen molar-refractivity contribution >= 4 is 22.9 Å². The Bertz CT molecular complexity index is 2640. The van der Waals surface area contributed by atoms with Gasteiger partial charge in [-0.15, -0.1) is 0 Å². The van der Waals surface area contributed by atoms with Crippen LogP contribution in [0.25, 0.3) is 34.1 Å². The summed E-state index contributed by atoms with van der Waals surface area (Å²) in [7, 11) is 5.14. The molecular formula is C52H48O4. The van der Waals surface area contributed by atoms with Crippen molar-refractivity contribution in [3.05, 3.63) is 165 Å². The summed E-state index contributed by atoms with van der Waals surface area (Å²) < 4.78 is 25.4. The van der Waals surface area contributed by atoms with Crippen molar-refractivity contribution < 1.29 is 18.9 Å². The van der Waals surface area contributed by atoms with Crippen molar-refractivity contribution in [1.82, 2.24) is 0 Å². The molecule has 4 aliphatic rings. The average Bonchev–Trinajstić information content (AvgIpc) is 3.68. The summed E-state index contributed by atoms with van der Waals surface area (Å²) in [5.41, 5.74) is 12.8. The van der Waals surface area contributed by atoms with Crippen molar-refractivity contribution in [2.45, 2.75) is 62.9 Å². The Morgan fingerprint density at radius 1 is 0.661 bits per heavy atom. The monoisotopic (exact) mass is 736 g/mol. The second kappa shape index (κ2) is 12.4. The molecule has 4 heteroatoms. The van der Waals surface area contributed by atoms with E-state index in [0.717, 1.165) is 51.8 Å². The summed E-state index contributed by atoms with van der Waals surface area (Å²) in [6.45, 7) is 9.48. The fraction of sp³-hybridized carbons (Fsp3) is 0.269. The third-order valence-corrected chi connectivity index (χ3v) is 14.0. The van der Waals surface area contributed by atoms with E-state index in [-0.39, 0.29) is 10.8 Å². The normalized spacial score (nSPS) is 21.3. The molecular weight excluding hydrogens is 689 g/mol. The zero-order valence-corrected chi connectivity index (χ0v) is 33.3. The second-order valence-corrected chi connectivity index (χ2v) is 16.5. The molecule has 0 spiro atoms. The fourth-order valence-corrected chi connectivity index (χ4v) is 11.1. The highest BCUT2D eigenvalue weighted by Gasteiger charge is 2.50. The summed E-state index contributed by atoms with van der Waals surface area (Å²) in [5, 5.41) is 2.11. The Balaban J connectivity index is 1.26. The lowest BCUT2D eigenvalue weighted by molar-refractivity contribution is 0.163. The molecule has 56 heavy (non-hydrogen) atoms. The van der Waals surface area contributed by atoms with Crippen molar-refractivity contribution in [2.24, 2.45) is 5.92 Å². The summed E-state index contributed by atoms with van der Waals surface area (Å²) in [6.07, 6.45) is 11.4. The molecule has 1 aliphatic heterocycles. The van der Waals surface area contributed by atoms with Crippen LogP contribution < -0.4 is 18.9 Å². The van der Waals surface area contributed by atoms with E-state index in [1.54, 1.807) is 21.3 Å². The van der Waals surface area contributed by atoms with Gasteiger partial charge in [0.25, 0.3) is 0 Å². The van der Waals surface area contributed by atoms with Crippen molar-refractivity contribution in [3.63, 3.8) is 0 Å². The molecule has 6 aromatic carbocycles. The van der Waals surface area contributed by atoms with Crippen LogP contribution in [0.3, 0.4) is 0 Å². The predicted octanol–water partition coefficient (Wildman–Crippen LogP) is 12.4. The number of fused-ring (bicyclic) bond motifs is 13. The lowest BCUT2D eigenvalue weighted by Gasteiger charge is -2.40. The van der Waals surface area contributed by atoms with Crippen LogP contribution in [0.1, 0.15) is 96.5 Å². The zero-order chi connectivity index (χ0) is 38.6. The van der Waals surface area contributed by atoms with Crippen LogP contribution in [0.5, 0.6) is 23.0 Å². The smallest absolute Gasteiger partial charge is 0.178 e. The van der Waals surface area contributed by atoms with Crippen molar-refractivity contribution in [1.29, 1.82) is 0 Å². The van der Waals surface area contributed by atoms with Gasteiger partial charge in [-0.2, -0.15) is 0 Å². The number of methoxy groups -OCH3 is 3. The van der Waals surface area contributed by atoms with Gasteiger partial charge in [-0.1, -0.05) is 125 Å². The molecule has 0 saturated carbocycles. The van der Waals surface area contributed by atoms with Gasteiger partial charge in [-0.3, -0.25) is 0 Å². The van der Waals surface area contributed by atoms with E-state index in [9.17, 15) is 0 Å². The SMILES string of the molecule is CCC1(CC)c2ccccc2-c2c1c1c(c3cc(OC)c(OC)cc23)OC(c2ccc(OC)cc2)(c2ccc3c(c2)C(C)(C)C2C=Cc4ccccc4C32)C=C1. The lowest BCUT2D eigenvalue weighted by atomic mass is 9.70. The molecule has 0 aromatic heterocycles. The second-order valence-electron chi connectivity index (χ2n) is 16.5. The van der Waals surface area contributed by atoms with Gasteiger partial charge in [-0.05, 0) is 104 Å². The number of allylic oxidation sites excluding steroid dienone is 1. The van der Waals surface area contributed by atoms with E-state index in [0.29, 0.717) is 23.3 Å². The molecule has 0 bridgehead atoms. The first-order chi connectivity index (χ1) is 27.2.